The fourth-order valence-corrected chi connectivity index (χ4v) is 2.17. The quantitative estimate of drug-likeness (QED) is 0.744. The number of piperidine rings is 1. The first kappa shape index (κ1) is 16.7. The molecule has 114 valence electrons. The monoisotopic (exact) mass is 283 g/mol. The minimum atomic E-state index is -0.503. The van der Waals surface area contributed by atoms with Gasteiger partial charge in [-0.25, -0.2) is 4.79 Å². The highest BCUT2D eigenvalue weighted by Crippen LogP contribution is 2.21. The summed E-state index contributed by atoms with van der Waals surface area (Å²) in [5, 5.41) is 0. The van der Waals surface area contributed by atoms with Gasteiger partial charge in [0.2, 0.25) is 0 Å². The van der Waals surface area contributed by atoms with Gasteiger partial charge in [0, 0.05) is 25.4 Å². The lowest BCUT2D eigenvalue weighted by atomic mass is 9.90. The predicted octanol–water partition coefficient (Wildman–Crippen LogP) is 2.57. The van der Waals surface area contributed by atoms with E-state index in [2.05, 4.69) is 0 Å². The molecule has 0 saturated carbocycles. The van der Waals surface area contributed by atoms with Crippen LogP contribution in [0.15, 0.2) is 0 Å². The topological polar surface area (TPSA) is 63.7 Å². The Bertz CT molecular complexity index is 376. The number of hydrogen-bond acceptors (Lipinski definition) is 4. The zero-order chi connectivity index (χ0) is 15.3. The van der Waals surface area contributed by atoms with E-state index in [1.807, 2.05) is 20.8 Å². The van der Waals surface area contributed by atoms with Gasteiger partial charge in [-0.2, -0.15) is 0 Å². The molecule has 0 N–H and O–H groups in total. The van der Waals surface area contributed by atoms with Gasteiger partial charge < -0.3 is 9.64 Å². The maximum Gasteiger partial charge on any atom is 0.410 e. The molecular weight excluding hydrogens is 258 g/mol. The molecule has 0 bridgehead atoms. The molecule has 0 atom stereocenters. The minimum Gasteiger partial charge on any atom is -0.444 e. The lowest BCUT2D eigenvalue weighted by molar-refractivity contribution is -0.130. The first-order chi connectivity index (χ1) is 9.23. The van der Waals surface area contributed by atoms with Crippen LogP contribution in [0, 0.1) is 5.92 Å². The molecule has 1 saturated heterocycles. The Morgan fingerprint density at radius 1 is 1.15 bits per heavy atom. The maximum atomic E-state index is 11.9. The van der Waals surface area contributed by atoms with Crippen LogP contribution in [0.4, 0.5) is 4.79 Å². The van der Waals surface area contributed by atoms with Crippen LogP contribution in [0.2, 0.25) is 0 Å². The van der Waals surface area contributed by atoms with E-state index >= 15 is 0 Å². The van der Waals surface area contributed by atoms with Crippen molar-refractivity contribution in [2.45, 2.75) is 59.0 Å². The van der Waals surface area contributed by atoms with Crippen LogP contribution in [0.1, 0.15) is 53.4 Å². The highest BCUT2D eigenvalue weighted by molar-refractivity contribution is 6.00. The Morgan fingerprint density at radius 2 is 1.70 bits per heavy atom. The van der Waals surface area contributed by atoms with Gasteiger partial charge in [0.25, 0.3) is 0 Å². The van der Waals surface area contributed by atoms with Crippen LogP contribution in [-0.4, -0.2) is 41.3 Å². The van der Waals surface area contributed by atoms with Gasteiger partial charge in [0.15, 0.2) is 0 Å². The summed E-state index contributed by atoms with van der Waals surface area (Å²) in [6.45, 7) is 8.30. The zero-order valence-corrected chi connectivity index (χ0v) is 12.9. The molecule has 0 spiro atoms. The largest absolute Gasteiger partial charge is 0.444 e. The van der Waals surface area contributed by atoms with E-state index in [1.54, 1.807) is 11.8 Å². The Balaban J connectivity index is 2.42. The molecule has 0 radical (unpaired) electrons. The van der Waals surface area contributed by atoms with Crippen LogP contribution in [0.3, 0.4) is 0 Å². The molecule has 20 heavy (non-hydrogen) atoms. The molecule has 1 amide bonds. The van der Waals surface area contributed by atoms with Crippen molar-refractivity contribution in [3.63, 3.8) is 0 Å². The van der Waals surface area contributed by atoms with E-state index in [1.165, 1.54) is 0 Å². The van der Waals surface area contributed by atoms with Crippen molar-refractivity contribution in [2.75, 3.05) is 13.1 Å². The molecular formula is C15H25NO4. The molecule has 0 unspecified atom stereocenters. The van der Waals surface area contributed by atoms with E-state index < -0.39 is 5.60 Å². The molecule has 1 rings (SSSR count). The lowest BCUT2D eigenvalue weighted by Gasteiger charge is -2.32. The Hall–Kier alpha value is -1.39. The summed E-state index contributed by atoms with van der Waals surface area (Å²) in [7, 11) is 0. The van der Waals surface area contributed by atoms with Gasteiger partial charge in [-0.1, -0.05) is 6.92 Å². The summed E-state index contributed by atoms with van der Waals surface area (Å²) in [6.07, 6.45) is 1.35. The zero-order valence-electron chi connectivity index (χ0n) is 12.9. The maximum absolute atomic E-state index is 11.9. The molecule has 1 heterocycles. The van der Waals surface area contributed by atoms with Crippen molar-refractivity contribution in [3.8, 4) is 0 Å². The molecule has 0 aliphatic carbocycles. The van der Waals surface area contributed by atoms with Gasteiger partial charge in [0.05, 0.1) is 6.42 Å². The van der Waals surface area contributed by atoms with Crippen LogP contribution in [0.5, 0.6) is 0 Å². The highest BCUT2D eigenvalue weighted by atomic mass is 16.6. The summed E-state index contributed by atoms with van der Waals surface area (Å²) < 4.78 is 5.30. The fraction of sp³-hybridized carbons (Fsp3) is 0.800. The number of carbonyl (C=O) groups excluding carboxylic acids is 3. The molecule has 1 aliphatic heterocycles. The van der Waals surface area contributed by atoms with Crippen LogP contribution in [0.25, 0.3) is 0 Å². The van der Waals surface area contributed by atoms with Crippen LogP contribution >= 0.6 is 0 Å². The molecule has 0 aromatic heterocycles. The second-order valence-electron chi connectivity index (χ2n) is 6.28. The van der Waals surface area contributed by atoms with Gasteiger partial charge in [-0.05, 0) is 33.6 Å². The Morgan fingerprint density at radius 3 is 2.15 bits per heavy atom. The molecule has 0 aromatic rings. The number of nitrogens with zero attached hydrogens (tertiary/aromatic N) is 1. The third-order valence-corrected chi connectivity index (χ3v) is 3.37. The van der Waals surface area contributed by atoms with Gasteiger partial charge in [-0.15, -0.1) is 0 Å². The number of Topliss-reactive ketones (excluding diaryl/α,β-unsaturated/α-hetero) is 2. The number of rotatable bonds is 4. The van der Waals surface area contributed by atoms with E-state index in [9.17, 15) is 14.4 Å². The summed E-state index contributed by atoms with van der Waals surface area (Å²) in [4.78, 5) is 36.7. The number of ketones is 2. The average molecular weight is 283 g/mol. The number of amides is 1. The number of ether oxygens (including phenoxy) is 1. The number of hydrogen-bond donors (Lipinski definition) is 0. The van der Waals surface area contributed by atoms with Crippen molar-refractivity contribution in [1.82, 2.24) is 4.90 Å². The first-order valence-electron chi connectivity index (χ1n) is 7.25. The number of likely N-dealkylation sites (tertiary alicyclic amines) is 1. The second-order valence-corrected chi connectivity index (χ2v) is 6.28. The van der Waals surface area contributed by atoms with Crippen molar-refractivity contribution in [3.05, 3.63) is 0 Å². The standard InChI is InChI=1S/C15H25NO4/c1-5-12(17)10-13(18)11-6-8-16(9-7-11)14(19)20-15(2,3)4/h11H,5-10H2,1-4H3. The van der Waals surface area contributed by atoms with Crippen molar-refractivity contribution in [2.24, 2.45) is 5.92 Å². The molecule has 5 heteroatoms. The highest BCUT2D eigenvalue weighted by Gasteiger charge is 2.30. The summed E-state index contributed by atoms with van der Waals surface area (Å²) >= 11 is 0. The smallest absolute Gasteiger partial charge is 0.410 e. The third kappa shape index (κ3) is 5.31. The van der Waals surface area contributed by atoms with Gasteiger partial charge in [0.1, 0.15) is 17.2 Å². The van der Waals surface area contributed by atoms with Gasteiger partial charge in [-0.3, -0.25) is 9.59 Å². The van der Waals surface area contributed by atoms with E-state index in [0.717, 1.165) is 0 Å². The summed E-state index contributed by atoms with van der Waals surface area (Å²) in [5.41, 5.74) is -0.503. The first-order valence-corrected chi connectivity index (χ1v) is 7.25. The molecule has 1 aliphatic rings. The van der Waals surface area contributed by atoms with Crippen molar-refractivity contribution >= 4 is 17.7 Å². The predicted molar refractivity (Wildman–Crippen MR) is 75.5 cm³/mol. The molecule has 1 fully saturated rings. The average Bonchev–Trinajstić information content (AvgIpc) is 2.36. The summed E-state index contributed by atoms with van der Waals surface area (Å²) in [6, 6.07) is 0. The molecule has 0 aromatic carbocycles. The lowest BCUT2D eigenvalue weighted by Crippen LogP contribution is -2.43. The third-order valence-electron chi connectivity index (χ3n) is 3.37. The van der Waals surface area contributed by atoms with E-state index in [-0.39, 0.29) is 30.0 Å². The van der Waals surface area contributed by atoms with Crippen LogP contribution in [-0.2, 0) is 14.3 Å². The van der Waals surface area contributed by atoms with Crippen LogP contribution < -0.4 is 0 Å². The van der Waals surface area contributed by atoms with E-state index in [4.69, 9.17) is 4.74 Å². The van der Waals surface area contributed by atoms with Crippen molar-refractivity contribution in [1.29, 1.82) is 0 Å². The Labute approximate surface area is 120 Å². The normalized spacial score (nSPS) is 16.9. The summed E-state index contributed by atoms with van der Waals surface area (Å²) in [5.74, 6) is -0.0885. The SMILES string of the molecule is CCC(=O)CC(=O)C1CCN(C(=O)OC(C)(C)C)CC1. The Kier molecular flexibility index (Phi) is 5.72. The van der Waals surface area contributed by atoms with Gasteiger partial charge >= 0.3 is 6.09 Å². The second kappa shape index (κ2) is 6.86. The minimum absolute atomic E-state index is 0.00966. The van der Waals surface area contributed by atoms with Crippen molar-refractivity contribution < 1.29 is 19.1 Å². The number of carbonyl (C=O) groups is 3. The fourth-order valence-electron chi connectivity index (χ4n) is 2.17. The molecule has 5 nitrogen and oxygen atoms in total. The van der Waals surface area contributed by atoms with E-state index in [0.29, 0.717) is 32.4 Å².